The van der Waals surface area contributed by atoms with Crippen molar-refractivity contribution in [2.45, 2.75) is 19.9 Å². The van der Waals surface area contributed by atoms with E-state index in [-0.39, 0.29) is 0 Å². The summed E-state index contributed by atoms with van der Waals surface area (Å²) in [5, 5.41) is 2.22. The minimum Gasteiger partial charge on any atom is -0.333 e. The van der Waals surface area contributed by atoms with Crippen LogP contribution in [0.25, 0.3) is 0 Å². The van der Waals surface area contributed by atoms with Crippen LogP contribution < -0.4 is 9.80 Å². The summed E-state index contributed by atoms with van der Waals surface area (Å²) in [5.41, 5.74) is 1.48. The predicted molar refractivity (Wildman–Crippen MR) is 64.7 cm³/mol. The van der Waals surface area contributed by atoms with E-state index in [0.717, 1.165) is 0 Å². The second-order valence-electron chi connectivity index (χ2n) is 4.76. The molecule has 1 aromatic rings. The lowest BCUT2D eigenvalue weighted by Crippen LogP contribution is -3.15. The van der Waals surface area contributed by atoms with Crippen LogP contribution in [-0.4, -0.2) is 33.2 Å². The van der Waals surface area contributed by atoms with Crippen LogP contribution >= 0.6 is 11.3 Å². The Morgan fingerprint density at radius 1 is 1.27 bits per heavy atom. The summed E-state index contributed by atoms with van der Waals surface area (Å²) in [6, 6.07) is 2.24. The highest BCUT2D eigenvalue weighted by Crippen LogP contribution is 2.13. The third-order valence-corrected chi connectivity index (χ3v) is 4.44. The van der Waals surface area contributed by atoms with Crippen LogP contribution in [0.1, 0.15) is 16.9 Å². The van der Waals surface area contributed by atoms with Gasteiger partial charge in [0.1, 0.15) is 19.6 Å². The van der Waals surface area contributed by atoms with E-state index in [0.29, 0.717) is 0 Å². The fourth-order valence-corrected chi connectivity index (χ4v) is 3.25. The summed E-state index contributed by atoms with van der Waals surface area (Å²) in [6.45, 7) is 8.86. The molecule has 0 saturated carbocycles. The molecule has 0 amide bonds. The summed E-state index contributed by atoms with van der Waals surface area (Å²) in [5.74, 6) is 0. The van der Waals surface area contributed by atoms with Crippen LogP contribution in [-0.2, 0) is 6.54 Å². The van der Waals surface area contributed by atoms with Gasteiger partial charge in [0, 0.05) is 6.42 Å². The van der Waals surface area contributed by atoms with Gasteiger partial charge in [-0.1, -0.05) is 0 Å². The molecule has 0 bridgehead atoms. The Balaban J connectivity index is 1.92. The quantitative estimate of drug-likeness (QED) is 0.664. The molecule has 1 saturated heterocycles. The predicted octanol–water partition coefficient (Wildman–Crippen LogP) is -0.640. The van der Waals surface area contributed by atoms with Crippen molar-refractivity contribution in [1.82, 2.24) is 0 Å². The summed E-state index contributed by atoms with van der Waals surface area (Å²) < 4.78 is 0. The van der Waals surface area contributed by atoms with Crippen molar-refractivity contribution in [3.63, 3.8) is 0 Å². The number of hydrogen-bond acceptors (Lipinski definition) is 1. The largest absolute Gasteiger partial charge is 0.333 e. The minimum atomic E-state index is 1.25. The van der Waals surface area contributed by atoms with Crippen molar-refractivity contribution < 1.29 is 9.80 Å². The summed E-state index contributed by atoms with van der Waals surface area (Å²) in [7, 11) is 2.32. The van der Waals surface area contributed by atoms with Gasteiger partial charge in [-0.3, -0.25) is 0 Å². The molecular formula is C12H22N2S+2. The summed E-state index contributed by atoms with van der Waals surface area (Å²) in [6.07, 6.45) is 1.38. The first-order valence-corrected chi connectivity index (χ1v) is 6.81. The molecule has 3 heteroatoms. The molecular weight excluding hydrogens is 204 g/mol. The van der Waals surface area contributed by atoms with E-state index in [1.54, 1.807) is 14.7 Å². The lowest BCUT2D eigenvalue weighted by molar-refractivity contribution is -0.938. The zero-order valence-corrected chi connectivity index (χ0v) is 10.6. The maximum absolute atomic E-state index is 2.32. The molecule has 2 nitrogen and oxygen atoms in total. The zero-order valence-electron chi connectivity index (χ0n) is 9.81. The highest BCUT2D eigenvalue weighted by molar-refractivity contribution is 7.10. The van der Waals surface area contributed by atoms with Crippen molar-refractivity contribution in [3.05, 3.63) is 21.9 Å². The fourth-order valence-electron chi connectivity index (χ4n) is 2.27. The van der Waals surface area contributed by atoms with Gasteiger partial charge in [0.2, 0.25) is 0 Å². The van der Waals surface area contributed by atoms with Crippen molar-refractivity contribution in [2.75, 3.05) is 33.2 Å². The zero-order chi connectivity index (χ0) is 10.7. The van der Waals surface area contributed by atoms with Gasteiger partial charge in [0.05, 0.1) is 25.0 Å². The smallest absolute Gasteiger partial charge is 0.127 e. The molecule has 0 radical (unpaired) electrons. The first-order valence-electron chi connectivity index (χ1n) is 5.93. The average molecular weight is 226 g/mol. The van der Waals surface area contributed by atoms with Gasteiger partial charge in [-0.2, -0.15) is 0 Å². The fraction of sp³-hybridized carbons (Fsp3) is 0.667. The lowest BCUT2D eigenvalue weighted by Gasteiger charge is -2.15. The van der Waals surface area contributed by atoms with E-state index in [9.17, 15) is 0 Å². The molecule has 2 rings (SSSR count). The number of aryl methyl sites for hydroxylation is 1. The second-order valence-corrected chi connectivity index (χ2v) is 5.76. The normalized spacial score (nSPS) is 27.6. The Morgan fingerprint density at radius 3 is 2.87 bits per heavy atom. The molecule has 84 valence electrons. The van der Waals surface area contributed by atoms with Crippen LogP contribution in [0, 0.1) is 6.92 Å². The van der Waals surface area contributed by atoms with Gasteiger partial charge >= 0.3 is 0 Å². The summed E-state index contributed by atoms with van der Waals surface area (Å²) >= 11 is 1.92. The van der Waals surface area contributed by atoms with Crippen LogP contribution in [0.15, 0.2) is 11.4 Å². The third kappa shape index (κ3) is 3.03. The first-order chi connectivity index (χ1) is 7.25. The van der Waals surface area contributed by atoms with E-state index in [4.69, 9.17) is 0 Å². The molecule has 0 aliphatic carbocycles. The van der Waals surface area contributed by atoms with E-state index < -0.39 is 0 Å². The lowest BCUT2D eigenvalue weighted by atomic mass is 10.2. The third-order valence-electron chi connectivity index (χ3n) is 3.42. The van der Waals surface area contributed by atoms with Crippen molar-refractivity contribution >= 4 is 11.3 Å². The highest BCUT2D eigenvalue weighted by atomic mass is 32.1. The number of quaternary nitrogens is 2. The van der Waals surface area contributed by atoms with Crippen molar-refractivity contribution in [1.29, 1.82) is 0 Å². The number of nitrogens with one attached hydrogen (secondary N) is 2. The monoisotopic (exact) mass is 226 g/mol. The number of thiophene rings is 1. The molecule has 0 spiro atoms. The SMILES string of the molecule is Cc1ccsc1C[NH+]1CCC[NH+](C)CC1. The number of likely N-dealkylation sites (N-methyl/N-ethyl adjacent to an activating group) is 1. The second kappa shape index (κ2) is 5.10. The molecule has 2 atom stereocenters. The first kappa shape index (κ1) is 11.1. The van der Waals surface area contributed by atoms with Crippen molar-refractivity contribution in [2.24, 2.45) is 0 Å². The van der Waals surface area contributed by atoms with Gasteiger partial charge < -0.3 is 9.80 Å². The van der Waals surface area contributed by atoms with Crippen molar-refractivity contribution in [3.8, 4) is 0 Å². The minimum absolute atomic E-state index is 1.25. The Bertz CT molecular complexity index is 308. The van der Waals surface area contributed by atoms with Gasteiger partial charge in [-0.25, -0.2) is 0 Å². The van der Waals surface area contributed by atoms with Gasteiger partial charge in [0.15, 0.2) is 0 Å². The molecule has 1 aliphatic rings. The maximum atomic E-state index is 2.32. The Kier molecular flexibility index (Phi) is 3.78. The molecule has 2 heterocycles. The van der Waals surface area contributed by atoms with Gasteiger partial charge in [-0.15, -0.1) is 11.3 Å². The standard InChI is InChI=1S/C12H20N2S/c1-11-4-9-15-12(11)10-14-6-3-5-13(2)7-8-14/h4,9H,3,5-8,10H2,1-2H3/p+2. The van der Waals surface area contributed by atoms with E-state index in [1.807, 2.05) is 11.3 Å². The van der Waals surface area contributed by atoms with Gasteiger partial charge in [-0.05, 0) is 23.9 Å². The van der Waals surface area contributed by atoms with Gasteiger partial charge in [0.25, 0.3) is 0 Å². The summed E-state index contributed by atoms with van der Waals surface area (Å²) in [4.78, 5) is 5.06. The molecule has 1 aliphatic heterocycles. The number of rotatable bonds is 2. The number of hydrogen-bond donors (Lipinski definition) is 2. The average Bonchev–Trinajstić information content (AvgIpc) is 2.48. The molecule has 2 N–H and O–H groups in total. The molecule has 1 fully saturated rings. The molecule has 1 aromatic heterocycles. The molecule has 2 unspecified atom stereocenters. The van der Waals surface area contributed by atoms with E-state index >= 15 is 0 Å². The van der Waals surface area contributed by atoms with Crippen LogP contribution in [0.2, 0.25) is 0 Å². The molecule has 0 aromatic carbocycles. The maximum Gasteiger partial charge on any atom is 0.127 e. The van der Waals surface area contributed by atoms with Crippen LogP contribution in [0.4, 0.5) is 0 Å². The van der Waals surface area contributed by atoms with E-state index in [2.05, 4.69) is 25.4 Å². The Labute approximate surface area is 96.5 Å². The molecule has 15 heavy (non-hydrogen) atoms. The topological polar surface area (TPSA) is 8.88 Å². The Morgan fingerprint density at radius 2 is 2.13 bits per heavy atom. The Hall–Kier alpha value is -0.380. The highest BCUT2D eigenvalue weighted by Gasteiger charge is 2.18. The van der Waals surface area contributed by atoms with E-state index in [1.165, 1.54) is 44.7 Å². The van der Waals surface area contributed by atoms with Crippen LogP contribution in [0.3, 0.4) is 0 Å². The van der Waals surface area contributed by atoms with Crippen LogP contribution in [0.5, 0.6) is 0 Å².